The van der Waals surface area contributed by atoms with E-state index in [2.05, 4.69) is 27.5 Å². The number of hydroxylamine groups is 1. The monoisotopic (exact) mass is 300 g/mol. The maximum Gasteiger partial charge on any atom is 0.202 e. The number of thiophene rings is 1. The molecule has 0 aliphatic carbocycles. The molecule has 6 rings (SSSR count). The highest BCUT2D eigenvalue weighted by molar-refractivity contribution is 7.20. The zero-order valence-electron chi connectivity index (χ0n) is 11.6. The summed E-state index contributed by atoms with van der Waals surface area (Å²) in [5.74, 6) is 1.41. The number of hydrogen-bond donors (Lipinski definition) is 1. The highest BCUT2D eigenvalue weighted by atomic mass is 32.1. The zero-order chi connectivity index (χ0) is 13.9. The Labute approximate surface area is 126 Å². The molecule has 1 spiro atoms. The minimum Gasteiger partial charge on any atom is -0.298 e. The van der Waals surface area contributed by atoms with Crippen LogP contribution in [-0.4, -0.2) is 41.1 Å². The van der Waals surface area contributed by atoms with Crippen LogP contribution in [0.3, 0.4) is 0 Å². The molecule has 5 nitrogen and oxygen atoms in total. The Bertz CT molecular complexity index is 701. The van der Waals surface area contributed by atoms with Crippen molar-refractivity contribution in [3.05, 3.63) is 29.3 Å². The van der Waals surface area contributed by atoms with E-state index in [-0.39, 0.29) is 5.72 Å². The van der Waals surface area contributed by atoms with Gasteiger partial charge in [-0.25, -0.2) is 20.3 Å². The second kappa shape index (κ2) is 4.25. The number of fused-ring (bicyclic) bond motifs is 3. The maximum absolute atomic E-state index is 5.97. The lowest BCUT2D eigenvalue weighted by atomic mass is 9.81. The van der Waals surface area contributed by atoms with Gasteiger partial charge in [0.25, 0.3) is 0 Å². The number of amidine groups is 1. The van der Waals surface area contributed by atoms with Crippen LogP contribution < -0.4 is 5.48 Å². The normalized spacial score (nSPS) is 34.4. The highest BCUT2D eigenvalue weighted by Gasteiger charge is 2.51. The molecule has 0 saturated carbocycles. The van der Waals surface area contributed by atoms with Crippen LogP contribution in [0.25, 0.3) is 10.2 Å². The first-order valence-corrected chi connectivity index (χ1v) is 8.25. The van der Waals surface area contributed by atoms with Gasteiger partial charge >= 0.3 is 0 Å². The van der Waals surface area contributed by atoms with Crippen molar-refractivity contribution < 1.29 is 4.84 Å². The predicted molar refractivity (Wildman–Crippen MR) is 82.3 cm³/mol. The third kappa shape index (κ3) is 1.76. The van der Waals surface area contributed by atoms with Crippen LogP contribution in [0, 0.1) is 5.92 Å². The molecule has 21 heavy (non-hydrogen) atoms. The first-order valence-electron chi connectivity index (χ1n) is 7.44. The Morgan fingerprint density at radius 2 is 2.29 bits per heavy atom. The molecule has 0 radical (unpaired) electrons. The largest absolute Gasteiger partial charge is 0.298 e. The fourth-order valence-electron chi connectivity index (χ4n) is 3.70. The summed E-state index contributed by atoms with van der Waals surface area (Å²) in [5, 5.41) is 1.16. The molecule has 6 heteroatoms. The molecule has 3 saturated heterocycles. The minimum absolute atomic E-state index is 0.366. The Morgan fingerprint density at radius 1 is 1.38 bits per heavy atom. The van der Waals surface area contributed by atoms with Gasteiger partial charge in [-0.05, 0) is 38.1 Å². The average molecular weight is 300 g/mol. The molecule has 2 aromatic heterocycles. The van der Waals surface area contributed by atoms with Crippen molar-refractivity contribution in [1.29, 1.82) is 0 Å². The Kier molecular flexibility index (Phi) is 2.45. The van der Waals surface area contributed by atoms with Gasteiger partial charge in [0.2, 0.25) is 5.72 Å². The molecule has 0 aromatic carbocycles. The summed E-state index contributed by atoms with van der Waals surface area (Å²) in [5.41, 5.74) is 2.72. The summed E-state index contributed by atoms with van der Waals surface area (Å²) in [6, 6.07) is 6.19. The molecule has 0 amide bonds. The van der Waals surface area contributed by atoms with Gasteiger partial charge < -0.3 is 0 Å². The first-order chi connectivity index (χ1) is 10.3. The summed E-state index contributed by atoms with van der Waals surface area (Å²) >= 11 is 1.66. The number of aromatic nitrogens is 1. The molecular formula is C15H16N4OS. The number of nitrogens with one attached hydrogen (secondary N) is 1. The molecule has 4 aliphatic heterocycles. The summed E-state index contributed by atoms with van der Waals surface area (Å²) in [6.07, 6.45) is 4.21. The van der Waals surface area contributed by atoms with Crippen LogP contribution in [0.4, 0.5) is 0 Å². The van der Waals surface area contributed by atoms with Gasteiger partial charge in [0.1, 0.15) is 4.83 Å². The fraction of sp³-hybridized carbons (Fsp3) is 0.467. The molecular weight excluding hydrogens is 284 g/mol. The molecule has 6 heterocycles. The molecule has 2 aromatic rings. The summed E-state index contributed by atoms with van der Waals surface area (Å²) in [6.45, 7) is 3.29. The topological polar surface area (TPSA) is 49.8 Å². The first kappa shape index (κ1) is 12.1. The van der Waals surface area contributed by atoms with Crippen LogP contribution in [0.1, 0.15) is 17.7 Å². The summed E-state index contributed by atoms with van der Waals surface area (Å²) < 4.78 is 0. The van der Waals surface area contributed by atoms with Gasteiger partial charge in [0.15, 0.2) is 5.84 Å². The highest BCUT2D eigenvalue weighted by Crippen LogP contribution is 2.41. The third-order valence-electron chi connectivity index (χ3n) is 4.83. The van der Waals surface area contributed by atoms with Gasteiger partial charge in [-0.3, -0.25) is 4.90 Å². The number of rotatable bonds is 1. The van der Waals surface area contributed by atoms with Crippen molar-refractivity contribution in [2.45, 2.75) is 18.6 Å². The van der Waals surface area contributed by atoms with Crippen molar-refractivity contribution in [1.82, 2.24) is 15.4 Å². The van der Waals surface area contributed by atoms with Crippen LogP contribution in [0.5, 0.6) is 0 Å². The molecule has 1 atom stereocenters. The van der Waals surface area contributed by atoms with Crippen LogP contribution in [0.2, 0.25) is 0 Å². The van der Waals surface area contributed by atoms with E-state index < -0.39 is 0 Å². The summed E-state index contributed by atoms with van der Waals surface area (Å²) in [7, 11) is 0. The van der Waals surface area contributed by atoms with Gasteiger partial charge in [-0.2, -0.15) is 0 Å². The van der Waals surface area contributed by atoms with Crippen molar-refractivity contribution >= 4 is 27.4 Å². The van der Waals surface area contributed by atoms with Gasteiger partial charge in [-0.1, -0.05) is 6.07 Å². The molecule has 1 unspecified atom stereocenters. The van der Waals surface area contributed by atoms with Crippen LogP contribution >= 0.6 is 11.3 Å². The van der Waals surface area contributed by atoms with Gasteiger partial charge in [-0.15, -0.1) is 11.3 Å². The van der Waals surface area contributed by atoms with E-state index in [9.17, 15) is 0 Å². The molecule has 3 fully saturated rings. The second-order valence-electron chi connectivity index (χ2n) is 6.07. The number of hydrogen-bond acceptors (Lipinski definition) is 6. The number of nitrogens with zero attached hydrogens (tertiary/aromatic N) is 3. The SMILES string of the molecule is c1cnc2sc(C3=NC4(CN5CCC4CC5)ON3)cc2c1. The Morgan fingerprint density at radius 3 is 3.05 bits per heavy atom. The van der Waals surface area contributed by atoms with E-state index in [4.69, 9.17) is 9.83 Å². The van der Waals surface area contributed by atoms with Crippen LogP contribution in [0.15, 0.2) is 29.4 Å². The Balaban J connectivity index is 1.54. The second-order valence-corrected chi connectivity index (χ2v) is 7.10. The average Bonchev–Trinajstić information content (AvgIpc) is 3.13. The number of aliphatic imine (C=N–C) groups is 1. The quantitative estimate of drug-likeness (QED) is 0.875. The Hall–Kier alpha value is -1.50. The van der Waals surface area contributed by atoms with Crippen molar-refractivity contribution in [2.24, 2.45) is 10.9 Å². The van der Waals surface area contributed by atoms with E-state index in [0.29, 0.717) is 5.92 Å². The fourth-order valence-corrected chi connectivity index (χ4v) is 4.64. The lowest BCUT2D eigenvalue weighted by Gasteiger charge is -2.47. The zero-order valence-corrected chi connectivity index (χ0v) is 12.4. The predicted octanol–water partition coefficient (Wildman–Crippen LogP) is 2.00. The van der Waals surface area contributed by atoms with Crippen molar-refractivity contribution in [3.8, 4) is 0 Å². The molecule has 4 aliphatic rings. The van der Waals surface area contributed by atoms with E-state index in [1.807, 2.05) is 12.3 Å². The third-order valence-corrected chi connectivity index (χ3v) is 5.89. The van der Waals surface area contributed by atoms with E-state index >= 15 is 0 Å². The molecule has 2 bridgehead atoms. The van der Waals surface area contributed by atoms with E-state index in [1.54, 1.807) is 11.3 Å². The summed E-state index contributed by atoms with van der Waals surface area (Å²) in [4.78, 5) is 19.9. The van der Waals surface area contributed by atoms with Crippen molar-refractivity contribution in [2.75, 3.05) is 19.6 Å². The van der Waals surface area contributed by atoms with E-state index in [0.717, 1.165) is 27.5 Å². The number of piperidine rings is 3. The number of pyridine rings is 1. The van der Waals surface area contributed by atoms with E-state index in [1.165, 1.54) is 25.9 Å². The van der Waals surface area contributed by atoms with Gasteiger partial charge in [0, 0.05) is 17.5 Å². The standard InChI is InChI=1S/C15H16N4OS/c1-2-10-8-12(21-14(10)16-5-1)13-17-15(20-18-13)9-19-6-3-11(15)4-7-19/h1-2,5,8,11H,3-4,6-7,9H2,(H,17,18). The lowest BCUT2D eigenvalue weighted by molar-refractivity contribution is -0.155. The maximum atomic E-state index is 5.97. The lowest BCUT2D eigenvalue weighted by Crippen LogP contribution is -2.58. The van der Waals surface area contributed by atoms with Gasteiger partial charge in [0.05, 0.1) is 11.4 Å². The van der Waals surface area contributed by atoms with Crippen LogP contribution in [-0.2, 0) is 4.84 Å². The molecule has 1 N–H and O–H groups in total. The molecule has 108 valence electrons. The smallest absolute Gasteiger partial charge is 0.202 e. The minimum atomic E-state index is -0.366. The van der Waals surface area contributed by atoms with Crippen molar-refractivity contribution in [3.63, 3.8) is 0 Å².